The molecule has 0 saturated heterocycles. The minimum absolute atomic E-state index is 0.0805. The van der Waals surface area contributed by atoms with Crippen molar-refractivity contribution in [2.24, 2.45) is 11.7 Å². The highest BCUT2D eigenvalue weighted by molar-refractivity contribution is 5.82. The molecule has 6 heteroatoms. The van der Waals surface area contributed by atoms with Crippen molar-refractivity contribution in [2.45, 2.75) is 71.2 Å². The molecule has 0 aromatic heterocycles. The zero-order valence-electron chi connectivity index (χ0n) is 16.7. The van der Waals surface area contributed by atoms with Crippen LogP contribution < -0.4 is 11.1 Å². The number of benzene rings is 1. The number of nitrogens with one attached hydrogen (secondary N) is 1. The van der Waals surface area contributed by atoms with Crippen molar-refractivity contribution in [1.82, 2.24) is 10.2 Å². The molecule has 1 aromatic rings. The summed E-state index contributed by atoms with van der Waals surface area (Å²) < 4.78 is 5.48. The second-order valence-corrected chi connectivity index (χ2v) is 7.61. The van der Waals surface area contributed by atoms with Crippen molar-refractivity contribution < 1.29 is 14.3 Å². The van der Waals surface area contributed by atoms with Gasteiger partial charge in [0.1, 0.15) is 6.61 Å². The van der Waals surface area contributed by atoms with E-state index in [0.717, 1.165) is 31.2 Å². The molecule has 1 atom stereocenters. The summed E-state index contributed by atoms with van der Waals surface area (Å²) in [6.07, 6.45) is 3.15. The SMILES string of the molecule is CCN(C(=O)OCc1ccccc1)C1CCC(NC(=O)[C@@H](N)C(C)C)CC1. The van der Waals surface area contributed by atoms with E-state index >= 15 is 0 Å². The second-order valence-electron chi connectivity index (χ2n) is 7.61. The van der Waals surface area contributed by atoms with E-state index in [0.29, 0.717) is 6.54 Å². The number of carbonyl (C=O) groups excluding carboxylic acids is 2. The van der Waals surface area contributed by atoms with Gasteiger partial charge in [-0.2, -0.15) is 0 Å². The highest BCUT2D eigenvalue weighted by Crippen LogP contribution is 2.24. The topological polar surface area (TPSA) is 84.7 Å². The van der Waals surface area contributed by atoms with Gasteiger partial charge in [-0.25, -0.2) is 4.79 Å². The van der Waals surface area contributed by atoms with E-state index in [1.165, 1.54) is 0 Å². The molecule has 0 bridgehead atoms. The number of carbonyl (C=O) groups is 2. The summed E-state index contributed by atoms with van der Waals surface area (Å²) in [6.45, 7) is 6.77. The van der Waals surface area contributed by atoms with Gasteiger partial charge in [-0.15, -0.1) is 0 Å². The maximum Gasteiger partial charge on any atom is 0.410 e. The van der Waals surface area contributed by atoms with E-state index in [-0.39, 0.29) is 36.6 Å². The predicted molar refractivity (Wildman–Crippen MR) is 106 cm³/mol. The first kappa shape index (κ1) is 21.2. The van der Waals surface area contributed by atoms with Gasteiger partial charge in [0.15, 0.2) is 0 Å². The predicted octanol–water partition coefficient (Wildman–Crippen LogP) is 3.06. The van der Waals surface area contributed by atoms with Gasteiger partial charge in [-0.1, -0.05) is 44.2 Å². The Bertz CT molecular complexity index is 598. The summed E-state index contributed by atoms with van der Waals surface area (Å²) in [5, 5.41) is 3.05. The summed E-state index contributed by atoms with van der Waals surface area (Å²) in [5.41, 5.74) is 6.90. The highest BCUT2D eigenvalue weighted by atomic mass is 16.6. The van der Waals surface area contributed by atoms with Gasteiger partial charge in [0.2, 0.25) is 5.91 Å². The zero-order valence-corrected chi connectivity index (χ0v) is 16.7. The molecule has 0 unspecified atom stereocenters. The van der Waals surface area contributed by atoms with Crippen molar-refractivity contribution in [1.29, 1.82) is 0 Å². The Hall–Kier alpha value is -2.08. The number of nitrogens with zero attached hydrogens (tertiary/aromatic N) is 1. The molecule has 0 radical (unpaired) electrons. The van der Waals surface area contributed by atoms with E-state index in [9.17, 15) is 9.59 Å². The number of hydrogen-bond acceptors (Lipinski definition) is 4. The average molecular weight is 376 g/mol. The largest absolute Gasteiger partial charge is 0.445 e. The molecule has 1 fully saturated rings. The van der Waals surface area contributed by atoms with Crippen LogP contribution >= 0.6 is 0 Å². The number of amides is 2. The van der Waals surface area contributed by atoms with Crippen LogP contribution in [0.3, 0.4) is 0 Å². The molecule has 1 aliphatic rings. The van der Waals surface area contributed by atoms with Crippen LogP contribution in [0.5, 0.6) is 0 Å². The quantitative estimate of drug-likeness (QED) is 0.767. The van der Waals surface area contributed by atoms with Gasteiger partial charge in [0, 0.05) is 18.6 Å². The Morgan fingerprint density at radius 1 is 1.19 bits per heavy atom. The third kappa shape index (κ3) is 6.24. The fraction of sp³-hybridized carbons (Fsp3) is 0.619. The van der Waals surface area contributed by atoms with Gasteiger partial charge in [0.05, 0.1) is 6.04 Å². The minimum Gasteiger partial charge on any atom is -0.445 e. The first-order valence-corrected chi connectivity index (χ1v) is 9.95. The Kier molecular flexibility index (Phi) is 8.10. The smallest absolute Gasteiger partial charge is 0.410 e. The third-order valence-corrected chi connectivity index (χ3v) is 5.29. The number of rotatable bonds is 7. The summed E-state index contributed by atoms with van der Waals surface area (Å²) in [5.74, 6) is 0.0411. The maximum absolute atomic E-state index is 12.5. The van der Waals surface area contributed by atoms with Gasteiger partial charge < -0.3 is 20.7 Å². The summed E-state index contributed by atoms with van der Waals surface area (Å²) in [7, 11) is 0. The van der Waals surface area contributed by atoms with Gasteiger partial charge in [-0.05, 0) is 44.1 Å². The zero-order chi connectivity index (χ0) is 19.8. The van der Waals surface area contributed by atoms with Crippen LogP contribution in [0.1, 0.15) is 52.0 Å². The van der Waals surface area contributed by atoms with E-state index in [1.807, 2.05) is 51.1 Å². The Balaban J connectivity index is 1.80. The van der Waals surface area contributed by atoms with Gasteiger partial charge >= 0.3 is 6.09 Å². The van der Waals surface area contributed by atoms with Crippen LogP contribution in [0.25, 0.3) is 0 Å². The molecular formula is C21H33N3O3. The summed E-state index contributed by atoms with van der Waals surface area (Å²) >= 11 is 0. The molecule has 1 aliphatic carbocycles. The number of hydrogen-bond donors (Lipinski definition) is 2. The van der Waals surface area contributed by atoms with E-state index in [1.54, 1.807) is 4.90 Å². The van der Waals surface area contributed by atoms with Gasteiger partial charge in [-0.3, -0.25) is 4.79 Å². The molecule has 150 valence electrons. The maximum atomic E-state index is 12.5. The number of ether oxygens (including phenoxy) is 1. The molecule has 27 heavy (non-hydrogen) atoms. The lowest BCUT2D eigenvalue weighted by Crippen LogP contribution is -2.50. The number of nitrogens with two attached hydrogens (primary N) is 1. The van der Waals surface area contributed by atoms with Crippen molar-refractivity contribution in [3.05, 3.63) is 35.9 Å². The van der Waals surface area contributed by atoms with Crippen molar-refractivity contribution in [2.75, 3.05) is 6.54 Å². The fourth-order valence-corrected chi connectivity index (χ4v) is 3.47. The lowest BCUT2D eigenvalue weighted by Gasteiger charge is -2.36. The summed E-state index contributed by atoms with van der Waals surface area (Å²) in [6, 6.07) is 9.52. The fourth-order valence-electron chi connectivity index (χ4n) is 3.47. The van der Waals surface area contributed by atoms with Crippen molar-refractivity contribution >= 4 is 12.0 Å². The Labute approximate surface area is 162 Å². The van der Waals surface area contributed by atoms with E-state index in [2.05, 4.69) is 5.32 Å². The highest BCUT2D eigenvalue weighted by Gasteiger charge is 2.30. The van der Waals surface area contributed by atoms with E-state index in [4.69, 9.17) is 10.5 Å². The summed E-state index contributed by atoms with van der Waals surface area (Å²) in [4.78, 5) is 26.4. The Morgan fingerprint density at radius 2 is 1.81 bits per heavy atom. The van der Waals surface area contributed by atoms with Crippen molar-refractivity contribution in [3.8, 4) is 0 Å². The molecule has 3 N–H and O–H groups in total. The van der Waals surface area contributed by atoms with Crippen LogP contribution in [0.4, 0.5) is 4.79 Å². The normalized spacial score (nSPS) is 20.8. The first-order valence-electron chi connectivity index (χ1n) is 9.95. The first-order chi connectivity index (χ1) is 12.9. The third-order valence-electron chi connectivity index (χ3n) is 5.29. The van der Waals surface area contributed by atoms with Crippen LogP contribution in [0, 0.1) is 5.92 Å². The average Bonchev–Trinajstić information content (AvgIpc) is 2.68. The molecule has 0 spiro atoms. The molecule has 2 rings (SSSR count). The van der Waals surface area contributed by atoms with Crippen LogP contribution in [0.2, 0.25) is 0 Å². The molecule has 1 aromatic carbocycles. The molecule has 1 saturated carbocycles. The Morgan fingerprint density at radius 3 is 2.37 bits per heavy atom. The molecule has 2 amide bonds. The second kappa shape index (κ2) is 10.3. The molecular weight excluding hydrogens is 342 g/mol. The van der Waals surface area contributed by atoms with Crippen LogP contribution in [-0.4, -0.2) is 41.6 Å². The standard InChI is InChI=1S/C21H33N3O3/c1-4-24(21(26)27-14-16-8-6-5-7-9-16)18-12-10-17(11-13-18)23-20(25)19(22)15(2)3/h5-9,15,17-19H,4,10-14,22H2,1-3H3,(H,23,25)/t17?,18?,19-/m0/s1. The molecule has 0 heterocycles. The van der Waals surface area contributed by atoms with Crippen molar-refractivity contribution in [3.63, 3.8) is 0 Å². The minimum atomic E-state index is -0.470. The molecule has 6 nitrogen and oxygen atoms in total. The van der Waals surface area contributed by atoms with Crippen LogP contribution in [0.15, 0.2) is 30.3 Å². The lowest BCUT2D eigenvalue weighted by molar-refractivity contribution is -0.124. The van der Waals surface area contributed by atoms with Gasteiger partial charge in [0.25, 0.3) is 0 Å². The molecule has 0 aliphatic heterocycles. The monoisotopic (exact) mass is 375 g/mol. The van der Waals surface area contributed by atoms with E-state index < -0.39 is 6.04 Å². The lowest BCUT2D eigenvalue weighted by atomic mass is 9.90. The van der Waals surface area contributed by atoms with Crippen LogP contribution in [-0.2, 0) is 16.1 Å².